The Hall–Kier alpha value is -2.92. The van der Waals surface area contributed by atoms with Crippen molar-refractivity contribution in [2.45, 2.75) is 45.6 Å². The highest BCUT2D eigenvalue weighted by Gasteiger charge is 2.16. The molecule has 0 radical (unpaired) electrons. The number of hydrogen-bond acceptors (Lipinski definition) is 4. The van der Waals surface area contributed by atoms with E-state index in [0.717, 1.165) is 39.9 Å². The van der Waals surface area contributed by atoms with E-state index in [-0.39, 0.29) is 5.56 Å². The molecule has 31 heavy (non-hydrogen) atoms. The van der Waals surface area contributed by atoms with Crippen LogP contribution in [0.1, 0.15) is 36.0 Å². The van der Waals surface area contributed by atoms with Crippen LogP contribution in [0, 0.1) is 6.92 Å². The molecule has 0 spiro atoms. The van der Waals surface area contributed by atoms with Crippen molar-refractivity contribution in [2.75, 3.05) is 6.61 Å². The summed E-state index contributed by atoms with van der Waals surface area (Å²) >= 11 is 1.55. The van der Waals surface area contributed by atoms with Gasteiger partial charge in [-0.1, -0.05) is 30.3 Å². The third kappa shape index (κ3) is 4.15. The fraction of sp³-hybridized carbons (Fsp3) is 0.308. The number of rotatable bonds is 6. The summed E-state index contributed by atoms with van der Waals surface area (Å²) < 4.78 is 7.55. The van der Waals surface area contributed by atoms with Crippen LogP contribution in [-0.2, 0) is 19.4 Å². The molecule has 2 aromatic carbocycles. The SMILES string of the molecule is Cc1cccc(OCCCn2cnc3scc(-c4ccc5c(c4)CCCC5)c3c2=O)c1. The van der Waals surface area contributed by atoms with Gasteiger partial charge in [-0.05, 0) is 73.4 Å². The summed E-state index contributed by atoms with van der Waals surface area (Å²) in [4.78, 5) is 18.6. The number of fused-ring (bicyclic) bond motifs is 2. The summed E-state index contributed by atoms with van der Waals surface area (Å²) in [6.07, 6.45) is 7.24. The van der Waals surface area contributed by atoms with Crippen LogP contribution in [0.25, 0.3) is 21.3 Å². The lowest BCUT2D eigenvalue weighted by Gasteiger charge is -2.16. The Morgan fingerprint density at radius 1 is 1.10 bits per heavy atom. The second-order valence-corrected chi connectivity index (χ2v) is 9.14. The third-order valence-corrected chi connectivity index (χ3v) is 6.91. The number of ether oxygens (including phenoxy) is 1. The van der Waals surface area contributed by atoms with Gasteiger partial charge in [-0.15, -0.1) is 11.3 Å². The fourth-order valence-electron chi connectivity index (χ4n) is 4.37. The number of aromatic nitrogens is 2. The minimum absolute atomic E-state index is 0.0366. The first-order valence-corrected chi connectivity index (χ1v) is 11.9. The highest BCUT2D eigenvalue weighted by Crippen LogP contribution is 2.33. The summed E-state index contributed by atoms with van der Waals surface area (Å²) in [5.74, 6) is 0.869. The zero-order chi connectivity index (χ0) is 21.2. The van der Waals surface area contributed by atoms with Crippen molar-refractivity contribution in [1.82, 2.24) is 9.55 Å². The van der Waals surface area contributed by atoms with E-state index in [1.807, 2.05) is 31.2 Å². The topological polar surface area (TPSA) is 44.1 Å². The minimum Gasteiger partial charge on any atom is -0.494 e. The Morgan fingerprint density at radius 3 is 2.84 bits per heavy atom. The molecule has 0 amide bonds. The van der Waals surface area contributed by atoms with Crippen LogP contribution < -0.4 is 10.3 Å². The van der Waals surface area contributed by atoms with E-state index in [1.165, 1.54) is 36.0 Å². The van der Waals surface area contributed by atoms with Crippen molar-refractivity contribution in [2.24, 2.45) is 0 Å². The maximum Gasteiger partial charge on any atom is 0.262 e. The molecule has 0 saturated heterocycles. The molecule has 0 aliphatic heterocycles. The van der Waals surface area contributed by atoms with E-state index in [2.05, 4.69) is 28.6 Å². The lowest BCUT2D eigenvalue weighted by Crippen LogP contribution is -2.21. The smallest absolute Gasteiger partial charge is 0.262 e. The van der Waals surface area contributed by atoms with Crippen LogP contribution in [0.5, 0.6) is 5.75 Å². The first-order chi connectivity index (χ1) is 15.2. The largest absolute Gasteiger partial charge is 0.494 e. The lowest BCUT2D eigenvalue weighted by molar-refractivity contribution is 0.300. The van der Waals surface area contributed by atoms with Gasteiger partial charge in [-0.25, -0.2) is 4.98 Å². The monoisotopic (exact) mass is 430 g/mol. The second-order valence-electron chi connectivity index (χ2n) is 8.28. The standard InChI is InChI=1S/C26H26N2O2S/c1-18-6-4-9-22(14-18)30-13-5-12-28-17-27-25-24(26(28)29)23(16-31-25)21-11-10-19-7-2-3-8-20(19)15-21/h4,6,9-11,14-17H,2-3,5,7-8,12-13H2,1H3. The van der Waals surface area contributed by atoms with Gasteiger partial charge in [0.05, 0.1) is 18.3 Å². The highest BCUT2D eigenvalue weighted by atomic mass is 32.1. The maximum absolute atomic E-state index is 13.3. The van der Waals surface area contributed by atoms with Crippen molar-refractivity contribution in [3.8, 4) is 16.9 Å². The van der Waals surface area contributed by atoms with Gasteiger partial charge in [0, 0.05) is 17.5 Å². The molecular formula is C26H26N2O2S. The third-order valence-electron chi connectivity index (χ3n) is 6.02. The number of hydrogen-bond donors (Lipinski definition) is 0. The first kappa shape index (κ1) is 20.0. The average Bonchev–Trinajstić information content (AvgIpc) is 3.23. The molecule has 0 fully saturated rings. The van der Waals surface area contributed by atoms with E-state index in [0.29, 0.717) is 13.2 Å². The number of benzene rings is 2. The van der Waals surface area contributed by atoms with E-state index in [9.17, 15) is 4.79 Å². The predicted molar refractivity (Wildman–Crippen MR) is 127 cm³/mol. The highest BCUT2D eigenvalue weighted by molar-refractivity contribution is 7.17. The van der Waals surface area contributed by atoms with Crippen LogP contribution in [0.4, 0.5) is 0 Å². The zero-order valence-corrected chi connectivity index (χ0v) is 18.6. The van der Waals surface area contributed by atoms with Crippen LogP contribution in [0.2, 0.25) is 0 Å². The molecule has 158 valence electrons. The second kappa shape index (κ2) is 8.67. The normalized spacial score (nSPS) is 13.3. The van der Waals surface area contributed by atoms with Gasteiger partial charge in [0.25, 0.3) is 5.56 Å². The van der Waals surface area contributed by atoms with E-state index < -0.39 is 0 Å². The van der Waals surface area contributed by atoms with Crippen molar-refractivity contribution in [3.63, 3.8) is 0 Å². The molecule has 0 bridgehead atoms. The molecule has 5 heteroatoms. The summed E-state index contributed by atoms with van der Waals surface area (Å²) in [5, 5.41) is 2.82. The van der Waals surface area contributed by atoms with Gasteiger partial charge in [0.1, 0.15) is 10.6 Å². The number of thiophene rings is 1. The van der Waals surface area contributed by atoms with E-state index in [4.69, 9.17) is 4.74 Å². The number of nitrogens with zero attached hydrogens (tertiary/aromatic N) is 2. The van der Waals surface area contributed by atoms with Gasteiger partial charge in [0.15, 0.2) is 0 Å². The Morgan fingerprint density at radius 2 is 1.97 bits per heavy atom. The summed E-state index contributed by atoms with van der Waals surface area (Å²) in [5.41, 5.74) is 6.24. The molecule has 4 nitrogen and oxygen atoms in total. The Balaban J connectivity index is 1.36. The molecule has 5 rings (SSSR count). The van der Waals surface area contributed by atoms with Gasteiger partial charge in [-0.2, -0.15) is 0 Å². The molecule has 1 aliphatic rings. The molecular weight excluding hydrogens is 404 g/mol. The van der Waals surface area contributed by atoms with E-state index in [1.54, 1.807) is 22.2 Å². The average molecular weight is 431 g/mol. The molecule has 0 saturated carbocycles. The van der Waals surface area contributed by atoms with Crippen molar-refractivity contribution >= 4 is 21.6 Å². The Bertz CT molecular complexity index is 1290. The molecule has 0 atom stereocenters. The van der Waals surface area contributed by atoms with Crippen molar-refractivity contribution < 1.29 is 4.74 Å². The number of aryl methyl sites for hydroxylation is 4. The van der Waals surface area contributed by atoms with Crippen molar-refractivity contribution in [3.05, 3.63) is 81.2 Å². The quantitative estimate of drug-likeness (QED) is 0.364. The summed E-state index contributed by atoms with van der Waals surface area (Å²) in [7, 11) is 0. The maximum atomic E-state index is 13.3. The fourth-order valence-corrected chi connectivity index (χ4v) is 5.28. The molecule has 4 aromatic rings. The minimum atomic E-state index is 0.0366. The van der Waals surface area contributed by atoms with Gasteiger partial charge < -0.3 is 4.74 Å². The van der Waals surface area contributed by atoms with Gasteiger partial charge >= 0.3 is 0 Å². The molecule has 2 heterocycles. The zero-order valence-electron chi connectivity index (χ0n) is 17.8. The first-order valence-electron chi connectivity index (χ1n) is 11.0. The van der Waals surface area contributed by atoms with Gasteiger partial charge in [-0.3, -0.25) is 9.36 Å². The summed E-state index contributed by atoms with van der Waals surface area (Å²) in [6, 6.07) is 14.7. The lowest BCUT2D eigenvalue weighted by atomic mass is 9.89. The Kier molecular flexibility index (Phi) is 5.60. The molecule has 0 N–H and O–H groups in total. The van der Waals surface area contributed by atoms with Crippen molar-refractivity contribution in [1.29, 1.82) is 0 Å². The van der Waals surface area contributed by atoms with Crippen LogP contribution in [-0.4, -0.2) is 16.2 Å². The van der Waals surface area contributed by atoms with E-state index >= 15 is 0 Å². The van der Waals surface area contributed by atoms with Crippen LogP contribution in [0.15, 0.2) is 59.0 Å². The van der Waals surface area contributed by atoms with Crippen LogP contribution >= 0.6 is 11.3 Å². The summed E-state index contributed by atoms with van der Waals surface area (Å²) in [6.45, 7) is 3.20. The molecule has 1 aliphatic carbocycles. The van der Waals surface area contributed by atoms with Crippen LogP contribution in [0.3, 0.4) is 0 Å². The van der Waals surface area contributed by atoms with Gasteiger partial charge in [0.2, 0.25) is 0 Å². The predicted octanol–water partition coefficient (Wildman–Crippen LogP) is 5.78. The Labute approximate surface area is 186 Å². The molecule has 2 aromatic heterocycles. The molecule has 0 unspecified atom stereocenters.